The summed E-state index contributed by atoms with van der Waals surface area (Å²) in [7, 11) is -1.46. The van der Waals surface area contributed by atoms with Crippen LogP contribution in [0.15, 0.2) is 47.9 Å². The van der Waals surface area contributed by atoms with Crippen LogP contribution in [0.4, 0.5) is 0 Å². The summed E-state index contributed by atoms with van der Waals surface area (Å²) < 4.78 is 13.5. The molecular weight excluding hydrogens is 581 g/mol. The minimum atomic E-state index is -0.737. The minimum Gasteiger partial charge on any atom is -0.415 e. The molecule has 0 unspecified atom stereocenters. The molecule has 6 heteroatoms. The number of thiophene rings is 1. The largest absolute Gasteiger partial charge is 0.415 e. The zero-order valence-electron chi connectivity index (χ0n) is 29.7. The van der Waals surface area contributed by atoms with Crippen LogP contribution in [0, 0.1) is 0 Å². The molecule has 0 amide bonds. The smallest absolute Gasteiger partial charge is 0.168 e. The van der Waals surface area contributed by atoms with E-state index >= 15 is 0 Å². The van der Waals surface area contributed by atoms with Crippen LogP contribution >= 0.6 is 11.3 Å². The number of hydrogen-bond donors (Lipinski definition) is 1. The Morgan fingerprint density at radius 1 is 0.767 bits per heavy atom. The van der Waals surface area contributed by atoms with Gasteiger partial charge in [0, 0.05) is 4.88 Å². The van der Waals surface area contributed by atoms with Crippen molar-refractivity contribution in [3.05, 3.63) is 75.0 Å². The molecule has 3 nitrogen and oxygen atoms in total. The van der Waals surface area contributed by atoms with Crippen molar-refractivity contribution in [3.8, 4) is 0 Å². The van der Waals surface area contributed by atoms with Crippen molar-refractivity contribution >= 4 is 36.4 Å². The Kier molecular flexibility index (Phi) is 13.5. The zero-order valence-corrected chi connectivity index (χ0v) is 33.4. The van der Waals surface area contributed by atoms with Gasteiger partial charge in [0.15, 0.2) is 19.5 Å². The van der Waals surface area contributed by atoms with Crippen LogP contribution < -0.4 is 0 Å². The van der Waals surface area contributed by atoms with Gasteiger partial charge >= 0.3 is 0 Å². The van der Waals surface area contributed by atoms with E-state index in [1.165, 1.54) is 32.7 Å². The Balaban J connectivity index is 2.32. The first-order valence-corrected chi connectivity index (χ1v) is 19.8. The van der Waals surface area contributed by atoms with Gasteiger partial charge < -0.3 is 14.0 Å². The van der Waals surface area contributed by atoms with Crippen LogP contribution in [0.5, 0.6) is 0 Å². The van der Waals surface area contributed by atoms with Crippen LogP contribution in [0.3, 0.4) is 0 Å². The molecule has 0 saturated carbocycles. The molecule has 0 atom stereocenters. The third-order valence-corrected chi connectivity index (χ3v) is 12.6. The molecule has 1 N–H and O–H groups in total. The lowest BCUT2D eigenvalue weighted by atomic mass is 9.84. The number of hydrogen-bond acceptors (Lipinski definition) is 4. The summed E-state index contributed by atoms with van der Waals surface area (Å²) in [6.45, 7) is 28.9. The second kappa shape index (κ2) is 15.3. The quantitative estimate of drug-likeness (QED) is 0.155. The summed E-state index contributed by atoms with van der Waals surface area (Å²) in [4.78, 5) is 1.32. The third kappa shape index (κ3) is 12.2. The Morgan fingerprint density at radius 2 is 1.30 bits per heavy atom. The van der Waals surface area contributed by atoms with Crippen LogP contribution in [0.2, 0.25) is 10.1 Å². The highest BCUT2D eigenvalue weighted by atomic mass is 32.1. The molecule has 2 rings (SSSR count). The van der Waals surface area contributed by atoms with Gasteiger partial charge in [-0.15, -0.1) is 11.3 Å². The molecule has 0 aliphatic heterocycles. The van der Waals surface area contributed by atoms with Gasteiger partial charge in [-0.25, -0.2) is 0 Å². The highest BCUT2D eigenvalue weighted by Crippen LogP contribution is 2.39. The molecule has 0 aliphatic carbocycles. The van der Waals surface area contributed by atoms with Gasteiger partial charge in [-0.3, -0.25) is 0 Å². The third-order valence-electron chi connectivity index (χ3n) is 8.10. The lowest BCUT2D eigenvalue weighted by molar-refractivity contribution is 0.0828. The van der Waals surface area contributed by atoms with Crippen LogP contribution in [-0.2, 0) is 32.9 Å². The van der Waals surface area contributed by atoms with E-state index in [-0.39, 0.29) is 21.3 Å². The van der Waals surface area contributed by atoms with Crippen molar-refractivity contribution in [2.75, 3.05) is 0 Å². The standard InChI is InChI=1S/C37H62O3SSi2/c1-14-29(18-17-23-37(38,15-2)16-3)32-25-28(26-41-32)20-19-27-21-22-30(35(10,11)39-42-33(4,5)6)31(24-27)36(12,13)40-43-34(7,8)9/h17-18,21-26,38H,14-16,19-20,42-43H2,1-13H3. The molecule has 0 radical (unpaired) electrons. The van der Waals surface area contributed by atoms with E-state index in [1.807, 2.05) is 37.3 Å². The van der Waals surface area contributed by atoms with Crippen LogP contribution in [0.25, 0.3) is 5.57 Å². The van der Waals surface area contributed by atoms with E-state index in [2.05, 4.69) is 112 Å². The van der Waals surface area contributed by atoms with E-state index < -0.39 is 25.1 Å². The van der Waals surface area contributed by atoms with Crippen molar-refractivity contribution in [1.82, 2.24) is 0 Å². The van der Waals surface area contributed by atoms with Crippen LogP contribution in [-0.4, -0.2) is 30.2 Å². The zero-order chi connectivity index (χ0) is 32.7. The van der Waals surface area contributed by atoms with Gasteiger partial charge in [-0.2, -0.15) is 0 Å². The Hall–Kier alpha value is -1.29. The predicted molar refractivity (Wildman–Crippen MR) is 196 cm³/mol. The fourth-order valence-electron chi connectivity index (χ4n) is 4.89. The number of allylic oxidation sites excluding steroid dienone is 3. The maximum atomic E-state index is 10.6. The summed E-state index contributed by atoms with van der Waals surface area (Å²) in [5, 5.41) is 13.4. The summed E-state index contributed by atoms with van der Waals surface area (Å²) in [5.74, 6) is 0. The van der Waals surface area contributed by atoms with Crippen molar-refractivity contribution in [3.63, 3.8) is 0 Å². The first kappa shape index (κ1) is 37.9. The molecule has 2 aromatic rings. The topological polar surface area (TPSA) is 38.7 Å². The van der Waals surface area contributed by atoms with Crippen molar-refractivity contribution < 1.29 is 14.0 Å². The average Bonchev–Trinajstić information content (AvgIpc) is 3.40. The Labute approximate surface area is 273 Å². The fraction of sp³-hybridized carbons (Fsp3) is 0.622. The minimum absolute atomic E-state index is 0.228. The SMILES string of the molecule is CCC(=CC=CC(O)(CC)CC)c1cc(CCc2ccc(C(C)(C)O[SiH2]C(C)(C)C)c(C(C)(C)O[SiH2]C(C)(C)C)c2)cs1. The monoisotopic (exact) mass is 642 g/mol. The second-order valence-corrected chi connectivity index (χ2v) is 21.9. The molecule has 0 aliphatic rings. The summed E-state index contributed by atoms with van der Waals surface area (Å²) in [5.41, 5.74) is 5.11. The molecule has 43 heavy (non-hydrogen) atoms. The van der Waals surface area contributed by atoms with Gasteiger partial charge in [0.1, 0.15) is 0 Å². The first-order chi connectivity index (χ1) is 19.7. The Morgan fingerprint density at radius 3 is 1.81 bits per heavy atom. The normalized spacial score (nSPS) is 14.8. The first-order valence-electron chi connectivity index (χ1n) is 16.3. The average molecular weight is 643 g/mol. The molecule has 242 valence electrons. The molecule has 0 bridgehead atoms. The van der Waals surface area contributed by atoms with E-state index in [0.29, 0.717) is 0 Å². The van der Waals surface area contributed by atoms with Gasteiger partial charge in [0.25, 0.3) is 0 Å². The van der Waals surface area contributed by atoms with Gasteiger partial charge in [-0.05, 0) is 109 Å². The molecular formula is C37H62O3SSi2. The molecule has 0 spiro atoms. The molecule has 0 fully saturated rings. The number of benzene rings is 1. The van der Waals surface area contributed by atoms with Gasteiger partial charge in [0.05, 0.1) is 16.8 Å². The van der Waals surface area contributed by atoms with Crippen molar-refractivity contribution in [2.24, 2.45) is 0 Å². The number of aliphatic hydroxyl groups is 1. The van der Waals surface area contributed by atoms with E-state index in [1.54, 1.807) is 0 Å². The lowest BCUT2D eigenvalue weighted by Crippen LogP contribution is -2.34. The van der Waals surface area contributed by atoms with E-state index in [9.17, 15) is 5.11 Å². The molecule has 1 aromatic carbocycles. The van der Waals surface area contributed by atoms with Crippen LogP contribution in [0.1, 0.15) is 136 Å². The summed E-state index contributed by atoms with van der Waals surface area (Å²) in [6.07, 6.45) is 10.6. The van der Waals surface area contributed by atoms with E-state index in [0.717, 1.165) is 32.1 Å². The lowest BCUT2D eigenvalue weighted by Gasteiger charge is -2.38. The molecule has 1 heterocycles. The second-order valence-electron chi connectivity index (χ2n) is 15.6. The maximum Gasteiger partial charge on any atom is 0.168 e. The summed E-state index contributed by atoms with van der Waals surface area (Å²) in [6, 6.07) is 9.36. The fourth-order valence-corrected chi connectivity index (χ4v) is 7.83. The Bertz CT molecular complexity index is 1220. The van der Waals surface area contributed by atoms with E-state index in [4.69, 9.17) is 8.85 Å². The maximum absolute atomic E-state index is 10.6. The summed E-state index contributed by atoms with van der Waals surface area (Å²) >= 11 is 1.82. The van der Waals surface area contributed by atoms with Crippen molar-refractivity contribution in [2.45, 2.75) is 149 Å². The van der Waals surface area contributed by atoms with Gasteiger partial charge in [0.2, 0.25) is 0 Å². The number of rotatable bonds is 15. The van der Waals surface area contributed by atoms with Gasteiger partial charge in [-0.1, -0.05) is 98.7 Å². The highest BCUT2D eigenvalue weighted by Gasteiger charge is 2.34. The highest BCUT2D eigenvalue weighted by molar-refractivity contribution is 7.11. The predicted octanol–water partition coefficient (Wildman–Crippen LogP) is 9.54. The molecule has 0 saturated heterocycles. The van der Waals surface area contributed by atoms with Crippen molar-refractivity contribution in [1.29, 1.82) is 0 Å². The number of aryl methyl sites for hydroxylation is 2. The molecule has 1 aromatic heterocycles.